The molecule has 6 nitrogen and oxygen atoms in total. The highest BCUT2D eigenvalue weighted by Crippen LogP contribution is 2.24. The van der Waals surface area contributed by atoms with Crippen LogP contribution in [0.25, 0.3) is 0 Å². The van der Waals surface area contributed by atoms with Crippen molar-refractivity contribution in [3.05, 3.63) is 94.5 Å². The molecule has 0 spiro atoms. The predicted molar refractivity (Wildman–Crippen MR) is 125 cm³/mol. The zero-order valence-electron chi connectivity index (χ0n) is 17.3. The van der Waals surface area contributed by atoms with Crippen LogP contribution in [0, 0.1) is 11.3 Å². The molecular weight excluding hydrogens is 424 g/mol. The molecule has 0 aliphatic carbocycles. The molecule has 32 heavy (non-hydrogen) atoms. The molecule has 7 heteroatoms. The van der Waals surface area contributed by atoms with Crippen LogP contribution < -0.4 is 10.2 Å². The average Bonchev–Trinajstić information content (AvgIpc) is 2.81. The summed E-state index contributed by atoms with van der Waals surface area (Å²) in [5, 5.41) is 12.5. The van der Waals surface area contributed by atoms with Crippen LogP contribution in [0.1, 0.15) is 27.9 Å². The fraction of sp³-hybridized carbons (Fsp3) is 0.160. The van der Waals surface area contributed by atoms with Crippen molar-refractivity contribution < 1.29 is 9.59 Å². The molecule has 1 fully saturated rings. The Hall–Kier alpha value is -3.82. The number of rotatable bonds is 5. The third kappa shape index (κ3) is 4.58. The van der Waals surface area contributed by atoms with Crippen molar-refractivity contribution in [2.24, 2.45) is 0 Å². The average molecular weight is 445 g/mol. The first-order valence-corrected chi connectivity index (χ1v) is 10.6. The highest BCUT2D eigenvalue weighted by molar-refractivity contribution is 6.34. The largest absolute Gasteiger partial charge is 0.324 e. The summed E-state index contributed by atoms with van der Waals surface area (Å²) in [6.45, 7) is 1.65. The van der Waals surface area contributed by atoms with E-state index in [1.54, 1.807) is 52.3 Å². The molecule has 0 unspecified atom stereocenters. The van der Waals surface area contributed by atoms with Gasteiger partial charge in [-0.2, -0.15) is 5.26 Å². The second-order valence-electron chi connectivity index (χ2n) is 7.46. The summed E-state index contributed by atoms with van der Waals surface area (Å²) in [7, 11) is 0. The van der Waals surface area contributed by atoms with Gasteiger partial charge in [0.15, 0.2) is 0 Å². The van der Waals surface area contributed by atoms with E-state index in [1.807, 2.05) is 30.3 Å². The smallest absolute Gasteiger partial charge is 0.322 e. The van der Waals surface area contributed by atoms with Crippen molar-refractivity contribution in [1.82, 2.24) is 4.90 Å². The number of halogens is 1. The van der Waals surface area contributed by atoms with Crippen molar-refractivity contribution in [2.75, 3.05) is 23.3 Å². The standard InChI is InChI=1S/C25H21ClN4O2/c26-23-9-4-3-8-22(23)24(31)28-20-10-12-21(13-11-20)30-15-5-14-29(25(30)32)17-19-7-2-1-6-18(19)16-27/h1-4,6-13H,5,14-15,17H2,(H,28,31). The summed E-state index contributed by atoms with van der Waals surface area (Å²) in [5.74, 6) is -0.292. The Balaban J connectivity index is 1.45. The van der Waals surface area contributed by atoms with Gasteiger partial charge in [-0.25, -0.2) is 4.79 Å². The number of benzene rings is 3. The van der Waals surface area contributed by atoms with E-state index in [0.717, 1.165) is 17.7 Å². The normalized spacial score (nSPS) is 13.6. The number of urea groups is 1. The van der Waals surface area contributed by atoms with Crippen LogP contribution in [0.15, 0.2) is 72.8 Å². The number of amides is 3. The molecular formula is C25H21ClN4O2. The molecule has 0 aromatic heterocycles. The van der Waals surface area contributed by atoms with Crippen LogP contribution in [0.5, 0.6) is 0 Å². The fourth-order valence-corrected chi connectivity index (χ4v) is 3.93. The molecule has 4 rings (SSSR count). The molecule has 3 amide bonds. The van der Waals surface area contributed by atoms with Gasteiger partial charge in [0, 0.05) is 31.0 Å². The van der Waals surface area contributed by atoms with Gasteiger partial charge in [-0.05, 0) is 54.4 Å². The molecule has 0 radical (unpaired) electrons. The zero-order chi connectivity index (χ0) is 22.5. The Bertz CT molecular complexity index is 1190. The molecule has 160 valence electrons. The van der Waals surface area contributed by atoms with Gasteiger partial charge < -0.3 is 10.2 Å². The lowest BCUT2D eigenvalue weighted by Gasteiger charge is -2.36. The van der Waals surface area contributed by atoms with Crippen LogP contribution >= 0.6 is 11.6 Å². The lowest BCUT2D eigenvalue weighted by Crippen LogP contribution is -2.49. The fourth-order valence-electron chi connectivity index (χ4n) is 3.71. The summed E-state index contributed by atoms with van der Waals surface area (Å²) in [5.41, 5.74) is 3.18. The van der Waals surface area contributed by atoms with E-state index < -0.39 is 0 Å². The second kappa shape index (κ2) is 9.54. The van der Waals surface area contributed by atoms with E-state index in [9.17, 15) is 14.9 Å². The Labute approximate surface area is 191 Å². The van der Waals surface area contributed by atoms with Gasteiger partial charge in [-0.15, -0.1) is 0 Å². The third-order valence-electron chi connectivity index (χ3n) is 5.37. The van der Waals surface area contributed by atoms with Crippen molar-refractivity contribution in [3.63, 3.8) is 0 Å². The number of nitriles is 1. The van der Waals surface area contributed by atoms with Gasteiger partial charge >= 0.3 is 6.03 Å². The topological polar surface area (TPSA) is 76.4 Å². The Morgan fingerprint density at radius 3 is 2.47 bits per heavy atom. The Morgan fingerprint density at radius 2 is 1.72 bits per heavy atom. The maximum absolute atomic E-state index is 13.1. The molecule has 3 aromatic rings. The predicted octanol–water partition coefficient (Wildman–Crippen LogP) is 5.30. The minimum Gasteiger partial charge on any atom is -0.322 e. The number of nitrogens with one attached hydrogen (secondary N) is 1. The Morgan fingerprint density at radius 1 is 1.00 bits per heavy atom. The first-order valence-electron chi connectivity index (χ1n) is 10.3. The maximum atomic E-state index is 13.1. The molecule has 0 atom stereocenters. The number of anilines is 2. The summed E-state index contributed by atoms with van der Waals surface area (Å²) >= 11 is 6.09. The van der Waals surface area contributed by atoms with E-state index >= 15 is 0 Å². The number of carbonyl (C=O) groups excluding carboxylic acids is 2. The molecule has 1 aliphatic heterocycles. The minimum atomic E-state index is -0.292. The van der Waals surface area contributed by atoms with Gasteiger partial charge in [0.1, 0.15) is 0 Å². The van der Waals surface area contributed by atoms with E-state index in [0.29, 0.717) is 41.5 Å². The highest BCUT2D eigenvalue weighted by atomic mass is 35.5. The van der Waals surface area contributed by atoms with E-state index in [1.165, 1.54) is 0 Å². The van der Waals surface area contributed by atoms with Gasteiger partial charge in [0.05, 0.1) is 22.2 Å². The zero-order valence-corrected chi connectivity index (χ0v) is 18.0. The quantitative estimate of drug-likeness (QED) is 0.580. The van der Waals surface area contributed by atoms with Crippen molar-refractivity contribution in [3.8, 4) is 6.07 Å². The number of nitrogens with zero attached hydrogens (tertiary/aromatic N) is 3. The van der Waals surface area contributed by atoms with E-state index in [4.69, 9.17) is 11.6 Å². The first-order chi connectivity index (χ1) is 15.6. The molecule has 1 N–H and O–H groups in total. The molecule has 1 heterocycles. The third-order valence-corrected chi connectivity index (χ3v) is 5.70. The summed E-state index contributed by atoms with van der Waals surface area (Å²) < 4.78 is 0. The van der Waals surface area contributed by atoms with Crippen LogP contribution in [0.4, 0.5) is 16.2 Å². The van der Waals surface area contributed by atoms with Crippen LogP contribution in [0.3, 0.4) is 0 Å². The lowest BCUT2D eigenvalue weighted by atomic mass is 10.1. The van der Waals surface area contributed by atoms with Gasteiger partial charge in [0.25, 0.3) is 5.91 Å². The SMILES string of the molecule is N#Cc1ccccc1CN1CCCN(c2ccc(NC(=O)c3ccccc3Cl)cc2)C1=O. The molecule has 1 aliphatic rings. The first kappa shape index (κ1) is 21.4. The summed E-state index contributed by atoms with van der Waals surface area (Å²) in [6, 6.07) is 23.4. The minimum absolute atomic E-state index is 0.100. The van der Waals surface area contributed by atoms with E-state index in [-0.39, 0.29) is 11.9 Å². The van der Waals surface area contributed by atoms with Gasteiger partial charge in [0.2, 0.25) is 0 Å². The van der Waals surface area contributed by atoms with Crippen molar-refractivity contribution >= 4 is 34.9 Å². The van der Waals surface area contributed by atoms with Crippen molar-refractivity contribution in [2.45, 2.75) is 13.0 Å². The number of hydrogen-bond donors (Lipinski definition) is 1. The van der Waals surface area contributed by atoms with Gasteiger partial charge in [-0.3, -0.25) is 9.69 Å². The maximum Gasteiger partial charge on any atom is 0.324 e. The van der Waals surface area contributed by atoms with Crippen LogP contribution in [-0.2, 0) is 6.54 Å². The second-order valence-corrected chi connectivity index (χ2v) is 7.87. The van der Waals surface area contributed by atoms with E-state index in [2.05, 4.69) is 11.4 Å². The molecule has 1 saturated heterocycles. The number of hydrogen-bond acceptors (Lipinski definition) is 3. The van der Waals surface area contributed by atoms with Crippen LogP contribution in [0.2, 0.25) is 5.02 Å². The molecule has 3 aromatic carbocycles. The summed E-state index contributed by atoms with van der Waals surface area (Å²) in [4.78, 5) is 29.0. The Kier molecular flexibility index (Phi) is 6.39. The van der Waals surface area contributed by atoms with Crippen LogP contribution in [-0.4, -0.2) is 29.9 Å². The van der Waals surface area contributed by atoms with Crippen molar-refractivity contribution in [1.29, 1.82) is 5.26 Å². The molecule has 0 bridgehead atoms. The number of carbonyl (C=O) groups is 2. The summed E-state index contributed by atoms with van der Waals surface area (Å²) in [6.07, 6.45) is 0.825. The monoisotopic (exact) mass is 444 g/mol. The highest BCUT2D eigenvalue weighted by Gasteiger charge is 2.27. The molecule has 0 saturated carbocycles. The van der Waals surface area contributed by atoms with Gasteiger partial charge in [-0.1, -0.05) is 41.9 Å². The lowest BCUT2D eigenvalue weighted by molar-refractivity contribution is 0.102.